The molecule has 1 aromatic heterocycles. The number of aromatic nitrogens is 2. The third-order valence-corrected chi connectivity index (χ3v) is 6.65. The molecular formula is C24H31ClN4O2. The Bertz CT molecular complexity index is 941. The van der Waals surface area contributed by atoms with Crippen LogP contribution in [-0.4, -0.2) is 70.9 Å². The first-order valence-corrected chi connectivity index (χ1v) is 11.5. The van der Waals surface area contributed by atoms with Gasteiger partial charge in [-0.3, -0.25) is 14.4 Å². The number of ether oxygens (including phenoxy) is 1. The number of carbonyl (C=O) groups excluding carboxylic acids is 1. The maximum absolute atomic E-state index is 12.7. The van der Waals surface area contributed by atoms with E-state index in [9.17, 15) is 4.79 Å². The van der Waals surface area contributed by atoms with Gasteiger partial charge in [0.25, 0.3) is 0 Å². The molecule has 1 amide bonds. The van der Waals surface area contributed by atoms with Crippen LogP contribution in [0.2, 0.25) is 5.02 Å². The van der Waals surface area contributed by atoms with Gasteiger partial charge in [-0.2, -0.15) is 5.10 Å². The fourth-order valence-electron chi connectivity index (χ4n) is 4.38. The molecule has 7 heteroatoms. The Labute approximate surface area is 189 Å². The summed E-state index contributed by atoms with van der Waals surface area (Å²) in [7, 11) is 0. The highest BCUT2D eigenvalue weighted by Gasteiger charge is 2.24. The Morgan fingerprint density at radius 2 is 2.00 bits per heavy atom. The van der Waals surface area contributed by atoms with Crippen molar-refractivity contribution in [3.63, 3.8) is 0 Å². The van der Waals surface area contributed by atoms with E-state index in [0.717, 1.165) is 73.3 Å². The van der Waals surface area contributed by atoms with E-state index in [2.05, 4.69) is 10.00 Å². The van der Waals surface area contributed by atoms with Crippen LogP contribution >= 0.6 is 11.6 Å². The van der Waals surface area contributed by atoms with E-state index in [1.165, 1.54) is 6.42 Å². The average molecular weight is 443 g/mol. The van der Waals surface area contributed by atoms with Crippen molar-refractivity contribution >= 4 is 23.6 Å². The Hall–Kier alpha value is -2.15. The van der Waals surface area contributed by atoms with Gasteiger partial charge in [0.1, 0.15) is 0 Å². The van der Waals surface area contributed by atoms with E-state index in [1.807, 2.05) is 53.8 Å². The second-order valence-corrected chi connectivity index (χ2v) is 8.84. The number of hydrogen-bond donors (Lipinski definition) is 0. The van der Waals surface area contributed by atoms with Gasteiger partial charge < -0.3 is 9.64 Å². The number of nitrogens with zero attached hydrogens (tertiary/aromatic N) is 4. The van der Waals surface area contributed by atoms with Crippen molar-refractivity contribution in [3.05, 3.63) is 57.9 Å². The molecule has 2 aliphatic heterocycles. The number of halogens is 1. The number of piperazine rings is 1. The molecule has 0 saturated carbocycles. The summed E-state index contributed by atoms with van der Waals surface area (Å²) in [5.74, 6) is 0.0643. The van der Waals surface area contributed by atoms with Crippen molar-refractivity contribution in [3.8, 4) is 0 Å². The standard InChI is InChI=1S/C24H31ClN4O2/c1-18-22(19(2)29(26-18)16-20-6-3-4-8-23(20)25)9-10-24(30)28-13-11-27(12-14-28)17-21-7-5-15-31-21/h3-4,6,8-10,21H,5,7,11-17H2,1-2H3. The lowest BCUT2D eigenvalue weighted by molar-refractivity contribution is -0.127. The lowest BCUT2D eigenvalue weighted by Gasteiger charge is -2.35. The van der Waals surface area contributed by atoms with Crippen molar-refractivity contribution in [1.82, 2.24) is 19.6 Å². The molecule has 1 atom stereocenters. The first-order valence-electron chi connectivity index (χ1n) is 11.1. The second kappa shape index (κ2) is 9.98. The molecule has 0 aliphatic carbocycles. The molecule has 166 valence electrons. The number of benzene rings is 1. The minimum Gasteiger partial charge on any atom is -0.377 e. The molecule has 0 bridgehead atoms. The molecule has 0 N–H and O–H groups in total. The highest BCUT2D eigenvalue weighted by molar-refractivity contribution is 6.31. The molecule has 31 heavy (non-hydrogen) atoms. The van der Waals surface area contributed by atoms with E-state index < -0.39 is 0 Å². The zero-order valence-corrected chi connectivity index (χ0v) is 19.1. The summed E-state index contributed by atoms with van der Waals surface area (Å²) >= 11 is 6.30. The molecule has 4 rings (SSSR count). The summed E-state index contributed by atoms with van der Waals surface area (Å²) in [6.07, 6.45) is 6.29. The SMILES string of the molecule is Cc1nn(Cc2ccccc2Cl)c(C)c1C=CC(=O)N1CCN(CC2CCCO2)CC1. The summed E-state index contributed by atoms with van der Waals surface area (Å²) in [5.41, 5.74) is 3.97. The normalized spacial score (nSPS) is 20.1. The smallest absolute Gasteiger partial charge is 0.246 e. The van der Waals surface area contributed by atoms with Crippen LogP contribution in [0.4, 0.5) is 0 Å². The number of hydrogen-bond acceptors (Lipinski definition) is 4. The van der Waals surface area contributed by atoms with E-state index >= 15 is 0 Å². The zero-order chi connectivity index (χ0) is 21.8. The van der Waals surface area contributed by atoms with Crippen molar-refractivity contribution in [2.45, 2.75) is 39.3 Å². The summed E-state index contributed by atoms with van der Waals surface area (Å²) in [4.78, 5) is 17.1. The molecule has 2 fully saturated rings. The van der Waals surface area contributed by atoms with Gasteiger partial charge in [-0.1, -0.05) is 29.8 Å². The summed E-state index contributed by atoms with van der Waals surface area (Å²) in [5, 5.41) is 5.40. The van der Waals surface area contributed by atoms with Gasteiger partial charge in [0.15, 0.2) is 0 Å². The molecule has 1 unspecified atom stereocenters. The molecule has 1 aromatic carbocycles. The number of amides is 1. The van der Waals surface area contributed by atoms with Gasteiger partial charge in [-0.05, 0) is 44.4 Å². The number of rotatable bonds is 6. The van der Waals surface area contributed by atoms with Crippen LogP contribution in [0, 0.1) is 13.8 Å². The van der Waals surface area contributed by atoms with Crippen LogP contribution in [0.5, 0.6) is 0 Å². The van der Waals surface area contributed by atoms with Gasteiger partial charge in [0.2, 0.25) is 5.91 Å². The molecule has 3 heterocycles. The van der Waals surface area contributed by atoms with Crippen LogP contribution in [0.25, 0.3) is 6.08 Å². The maximum atomic E-state index is 12.7. The van der Waals surface area contributed by atoms with Gasteiger partial charge in [-0.25, -0.2) is 0 Å². The second-order valence-electron chi connectivity index (χ2n) is 8.43. The predicted molar refractivity (Wildman–Crippen MR) is 123 cm³/mol. The third kappa shape index (κ3) is 5.37. The first-order chi connectivity index (χ1) is 15.0. The highest BCUT2D eigenvalue weighted by atomic mass is 35.5. The van der Waals surface area contributed by atoms with Crippen molar-refractivity contribution in [2.75, 3.05) is 39.3 Å². The molecule has 6 nitrogen and oxygen atoms in total. The summed E-state index contributed by atoms with van der Waals surface area (Å²) in [6.45, 7) is 9.85. The Balaban J connectivity index is 1.34. The van der Waals surface area contributed by atoms with Gasteiger partial charge in [0.05, 0.1) is 18.3 Å². The quantitative estimate of drug-likeness (QED) is 0.642. The molecule has 0 radical (unpaired) electrons. The Morgan fingerprint density at radius 3 is 2.71 bits per heavy atom. The molecule has 2 saturated heterocycles. The van der Waals surface area contributed by atoms with E-state index in [4.69, 9.17) is 16.3 Å². The first kappa shape index (κ1) is 22.1. The van der Waals surface area contributed by atoms with Gasteiger partial charge in [-0.15, -0.1) is 0 Å². The predicted octanol–water partition coefficient (Wildman–Crippen LogP) is 3.54. The molecule has 0 spiro atoms. The van der Waals surface area contributed by atoms with Gasteiger partial charge >= 0.3 is 0 Å². The zero-order valence-electron chi connectivity index (χ0n) is 18.4. The lowest BCUT2D eigenvalue weighted by atomic mass is 10.1. The van der Waals surface area contributed by atoms with E-state index in [-0.39, 0.29) is 5.91 Å². The van der Waals surface area contributed by atoms with E-state index in [1.54, 1.807) is 6.08 Å². The minimum atomic E-state index is 0.0643. The average Bonchev–Trinajstić information content (AvgIpc) is 3.37. The van der Waals surface area contributed by atoms with Crippen molar-refractivity contribution < 1.29 is 9.53 Å². The fourth-order valence-corrected chi connectivity index (χ4v) is 4.58. The maximum Gasteiger partial charge on any atom is 0.246 e. The highest BCUT2D eigenvalue weighted by Crippen LogP contribution is 2.20. The van der Waals surface area contributed by atoms with Crippen LogP contribution < -0.4 is 0 Å². The third-order valence-electron chi connectivity index (χ3n) is 6.28. The van der Waals surface area contributed by atoms with Crippen LogP contribution in [0.3, 0.4) is 0 Å². The number of carbonyl (C=O) groups is 1. The van der Waals surface area contributed by atoms with Crippen molar-refractivity contribution in [2.24, 2.45) is 0 Å². The van der Waals surface area contributed by atoms with Crippen molar-refractivity contribution in [1.29, 1.82) is 0 Å². The topological polar surface area (TPSA) is 50.6 Å². The van der Waals surface area contributed by atoms with Gasteiger partial charge in [0, 0.05) is 61.7 Å². The lowest BCUT2D eigenvalue weighted by Crippen LogP contribution is -2.50. The van der Waals surface area contributed by atoms with Crippen LogP contribution in [-0.2, 0) is 16.1 Å². The summed E-state index contributed by atoms with van der Waals surface area (Å²) in [6, 6.07) is 7.81. The fraction of sp³-hybridized carbons (Fsp3) is 0.500. The largest absolute Gasteiger partial charge is 0.377 e. The molecule has 2 aromatic rings. The van der Waals surface area contributed by atoms with Crippen LogP contribution in [0.15, 0.2) is 30.3 Å². The minimum absolute atomic E-state index is 0.0643. The Kier molecular flexibility index (Phi) is 7.10. The molecular weight excluding hydrogens is 412 g/mol. The monoisotopic (exact) mass is 442 g/mol. The van der Waals surface area contributed by atoms with Crippen LogP contribution in [0.1, 0.15) is 35.4 Å². The number of aryl methyl sites for hydroxylation is 1. The molecule has 2 aliphatic rings. The van der Waals surface area contributed by atoms with E-state index in [0.29, 0.717) is 12.6 Å². The summed E-state index contributed by atoms with van der Waals surface area (Å²) < 4.78 is 7.69. The Morgan fingerprint density at radius 1 is 1.23 bits per heavy atom.